The minimum Gasteiger partial charge on any atom is -0.345 e. The van der Waals surface area contributed by atoms with Gasteiger partial charge >= 0.3 is 0 Å². The molecule has 2 N–H and O–H groups in total. The number of hydrogen-bond donors (Lipinski definition) is 1. The number of carbonyl (C=O) groups is 1. The van der Waals surface area contributed by atoms with E-state index in [4.69, 9.17) is 5.73 Å². The molecule has 0 aromatic heterocycles. The largest absolute Gasteiger partial charge is 0.345 e. The van der Waals surface area contributed by atoms with E-state index >= 15 is 0 Å². The summed E-state index contributed by atoms with van der Waals surface area (Å²) in [5, 5.41) is 0. The Labute approximate surface area is 105 Å². The van der Waals surface area contributed by atoms with Gasteiger partial charge in [-0.3, -0.25) is 4.79 Å². The fraction of sp³-hybridized carbons (Fsp3) is 0.923. The van der Waals surface area contributed by atoms with Crippen LogP contribution in [0.2, 0.25) is 0 Å². The number of amides is 1. The maximum Gasteiger partial charge on any atom is 0.225 e. The van der Waals surface area contributed by atoms with Crippen molar-refractivity contribution in [3.8, 4) is 0 Å². The van der Waals surface area contributed by atoms with E-state index in [2.05, 4.69) is 19.0 Å². The standard InChI is InChI=1S/C13H27N3O/c1-15(2)9-4-10-16(3)13(17)11-5-7-12(14)8-6-11/h11-12H,4-10,14H2,1-3H3. The van der Waals surface area contributed by atoms with Crippen LogP contribution in [-0.2, 0) is 4.79 Å². The fourth-order valence-electron chi connectivity index (χ4n) is 2.41. The van der Waals surface area contributed by atoms with Gasteiger partial charge in [0, 0.05) is 25.6 Å². The van der Waals surface area contributed by atoms with E-state index in [1.807, 2.05) is 11.9 Å². The lowest BCUT2D eigenvalue weighted by atomic mass is 9.85. The number of nitrogens with zero attached hydrogens (tertiary/aromatic N) is 2. The second-order valence-electron chi connectivity index (χ2n) is 5.53. The molecule has 0 heterocycles. The van der Waals surface area contributed by atoms with Gasteiger partial charge in [0.15, 0.2) is 0 Å². The molecule has 1 fully saturated rings. The minimum atomic E-state index is 0.221. The highest BCUT2D eigenvalue weighted by Gasteiger charge is 2.26. The van der Waals surface area contributed by atoms with Crippen molar-refractivity contribution in [3.05, 3.63) is 0 Å². The molecule has 1 rings (SSSR count). The Morgan fingerprint density at radius 3 is 2.24 bits per heavy atom. The van der Waals surface area contributed by atoms with Gasteiger partial charge in [0.1, 0.15) is 0 Å². The molecule has 4 heteroatoms. The first-order chi connectivity index (χ1) is 8.00. The Balaban J connectivity index is 2.26. The highest BCUT2D eigenvalue weighted by Crippen LogP contribution is 2.24. The molecule has 0 aromatic carbocycles. The van der Waals surface area contributed by atoms with Crippen molar-refractivity contribution in [2.45, 2.75) is 38.1 Å². The van der Waals surface area contributed by atoms with E-state index in [1.165, 1.54) is 0 Å². The van der Waals surface area contributed by atoms with E-state index in [0.717, 1.165) is 45.2 Å². The lowest BCUT2D eigenvalue weighted by Crippen LogP contribution is -2.38. The van der Waals surface area contributed by atoms with Gasteiger partial charge in [-0.25, -0.2) is 0 Å². The molecule has 0 bridgehead atoms. The molecule has 17 heavy (non-hydrogen) atoms. The van der Waals surface area contributed by atoms with Crippen LogP contribution in [0, 0.1) is 5.92 Å². The molecule has 1 aliphatic carbocycles. The zero-order valence-corrected chi connectivity index (χ0v) is 11.5. The molecule has 1 saturated carbocycles. The topological polar surface area (TPSA) is 49.6 Å². The van der Waals surface area contributed by atoms with E-state index in [1.54, 1.807) is 0 Å². The predicted molar refractivity (Wildman–Crippen MR) is 70.7 cm³/mol. The molecule has 4 nitrogen and oxygen atoms in total. The summed E-state index contributed by atoms with van der Waals surface area (Å²) in [4.78, 5) is 16.2. The molecule has 0 atom stereocenters. The van der Waals surface area contributed by atoms with Crippen LogP contribution in [-0.4, -0.2) is 56.0 Å². The van der Waals surface area contributed by atoms with Crippen molar-refractivity contribution < 1.29 is 4.79 Å². The second-order valence-corrected chi connectivity index (χ2v) is 5.53. The Bertz CT molecular complexity index is 235. The third-order valence-corrected chi connectivity index (χ3v) is 3.60. The Kier molecular flexibility index (Phi) is 5.92. The Hall–Kier alpha value is -0.610. The lowest BCUT2D eigenvalue weighted by Gasteiger charge is -2.29. The maximum atomic E-state index is 12.2. The summed E-state index contributed by atoms with van der Waals surface area (Å²) < 4.78 is 0. The van der Waals surface area contributed by atoms with Gasteiger partial charge < -0.3 is 15.5 Å². The van der Waals surface area contributed by atoms with E-state index < -0.39 is 0 Å². The molecule has 0 saturated heterocycles. The van der Waals surface area contributed by atoms with Crippen molar-refractivity contribution >= 4 is 5.91 Å². The third kappa shape index (κ3) is 5.04. The highest BCUT2D eigenvalue weighted by atomic mass is 16.2. The molecule has 0 aromatic rings. The van der Waals surface area contributed by atoms with Crippen molar-refractivity contribution in [2.75, 3.05) is 34.2 Å². The molecule has 1 amide bonds. The van der Waals surface area contributed by atoms with Gasteiger partial charge in [-0.1, -0.05) is 0 Å². The van der Waals surface area contributed by atoms with Crippen molar-refractivity contribution in [3.63, 3.8) is 0 Å². The highest BCUT2D eigenvalue weighted by molar-refractivity contribution is 5.78. The third-order valence-electron chi connectivity index (χ3n) is 3.60. The van der Waals surface area contributed by atoms with Crippen LogP contribution in [0.15, 0.2) is 0 Å². The molecular formula is C13H27N3O. The van der Waals surface area contributed by atoms with Crippen LogP contribution in [0.25, 0.3) is 0 Å². The average molecular weight is 241 g/mol. The summed E-state index contributed by atoms with van der Waals surface area (Å²) >= 11 is 0. The van der Waals surface area contributed by atoms with Gasteiger partial charge in [0.25, 0.3) is 0 Å². The van der Waals surface area contributed by atoms with E-state index in [0.29, 0.717) is 11.9 Å². The van der Waals surface area contributed by atoms with Crippen LogP contribution in [0.1, 0.15) is 32.1 Å². The molecule has 1 aliphatic rings. The average Bonchev–Trinajstić information content (AvgIpc) is 2.28. The van der Waals surface area contributed by atoms with Crippen LogP contribution in [0.5, 0.6) is 0 Å². The zero-order valence-electron chi connectivity index (χ0n) is 11.5. The summed E-state index contributed by atoms with van der Waals surface area (Å²) in [6.45, 7) is 1.90. The van der Waals surface area contributed by atoms with Crippen molar-refractivity contribution in [1.82, 2.24) is 9.80 Å². The number of rotatable bonds is 5. The number of nitrogens with two attached hydrogens (primary N) is 1. The number of carbonyl (C=O) groups excluding carboxylic acids is 1. The van der Waals surface area contributed by atoms with Crippen LogP contribution >= 0.6 is 0 Å². The van der Waals surface area contributed by atoms with Crippen LogP contribution in [0.3, 0.4) is 0 Å². The molecule has 0 unspecified atom stereocenters. The SMILES string of the molecule is CN(C)CCCN(C)C(=O)C1CCC(N)CC1. The molecule has 100 valence electrons. The monoisotopic (exact) mass is 241 g/mol. The summed E-state index contributed by atoms with van der Waals surface area (Å²) in [6, 6.07) is 0.318. The Morgan fingerprint density at radius 2 is 1.71 bits per heavy atom. The van der Waals surface area contributed by atoms with Crippen molar-refractivity contribution in [1.29, 1.82) is 0 Å². The van der Waals surface area contributed by atoms with Crippen molar-refractivity contribution in [2.24, 2.45) is 11.7 Å². The number of hydrogen-bond acceptors (Lipinski definition) is 3. The first-order valence-electron chi connectivity index (χ1n) is 6.66. The maximum absolute atomic E-state index is 12.2. The second kappa shape index (κ2) is 6.97. The predicted octanol–water partition coefficient (Wildman–Crippen LogP) is 0.914. The summed E-state index contributed by atoms with van der Waals surface area (Å²) in [6.07, 6.45) is 4.99. The molecule has 0 spiro atoms. The molecule has 0 radical (unpaired) electrons. The first-order valence-corrected chi connectivity index (χ1v) is 6.66. The van der Waals surface area contributed by atoms with Gasteiger partial charge in [-0.2, -0.15) is 0 Å². The first kappa shape index (κ1) is 14.5. The fourth-order valence-corrected chi connectivity index (χ4v) is 2.41. The van der Waals surface area contributed by atoms with Gasteiger partial charge in [0.2, 0.25) is 5.91 Å². The molecule has 0 aliphatic heterocycles. The Morgan fingerprint density at radius 1 is 1.12 bits per heavy atom. The zero-order chi connectivity index (χ0) is 12.8. The van der Waals surface area contributed by atoms with Crippen LogP contribution < -0.4 is 5.73 Å². The van der Waals surface area contributed by atoms with Gasteiger partial charge in [0.05, 0.1) is 0 Å². The van der Waals surface area contributed by atoms with E-state index in [9.17, 15) is 4.79 Å². The smallest absolute Gasteiger partial charge is 0.225 e. The minimum absolute atomic E-state index is 0.221. The van der Waals surface area contributed by atoms with Crippen LogP contribution in [0.4, 0.5) is 0 Å². The summed E-state index contributed by atoms with van der Waals surface area (Å²) in [5.41, 5.74) is 5.86. The summed E-state index contributed by atoms with van der Waals surface area (Å²) in [7, 11) is 6.04. The van der Waals surface area contributed by atoms with Gasteiger partial charge in [-0.15, -0.1) is 0 Å². The lowest BCUT2D eigenvalue weighted by molar-refractivity contribution is -0.135. The normalized spacial score (nSPS) is 25.0. The molecular weight excluding hydrogens is 214 g/mol. The quantitative estimate of drug-likeness (QED) is 0.778. The van der Waals surface area contributed by atoms with Gasteiger partial charge in [-0.05, 0) is 52.7 Å². The summed E-state index contributed by atoms with van der Waals surface area (Å²) in [5.74, 6) is 0.537. The van der Waals surface area contributed by atoms with E-state index in [-0.39, 0.29) is 5.92 Å².